The zero-order valence-corrected chi connectivity index (χ0v) is 17.2. The van der Waals surface area contributed by atoms with Crippen LogP contribution in [0.15, 0.2) is 22.8 Å². The lowest BCUT2D eigenvalue weighted by molar-refractivity contribution is -0.171. The SMILES string of the molecule is COC1C(C(=O)O)=CC(C)=C(CCCCCCCCCCO)C1(OC)C(=O)O. The number of methoxy groups -OCH3 is 2. The van der Waals surface area contributed by atoms with Gasteiger partial charge in [0.05, 0.1) is 5.57 Å². The summed E-state index contributed by atoms with van der Waals surface area (Å²) in [4.78, 5) is 23.8. The molecule has 7 heteroatoms. The van der Waals surface area contributed by atoms with Gasteiger partial charge in [0.2, 0.25) is 5.60 Å². The second-order valence-electron chi connectivity index (χ2n) is 7.23. The molecule has 0 saturated carbocycles. The molecule has 7 nitrogen and oxygen atoms in total. The van der Waals surface area contributed by atoms with Crippen molar-refractivity contribution in [3.8, 4) is 0 Å². The summed E-state index contributed by atoms with van der Waals surface area (Å²) >= 11 is 0. The molecule has 0 aromatic heterocycles. The first-order valence-corrected chi connectivity index (χ1v) is 9.94. The molecule has 1 rings (SSSR count). The molecule has 0 heterocycles. The van der Waals surface area contributed by atoms with Crippen molar-refractivity contribution in [3.63, 3.8) is 0 Å². The highest BCUT2D eigenvalue weighted by Crippen LogP contribution is 2.41. The number of ether oxygens (including phenoxy) is 2. The summed E-state index contributed by atoms with van der Waals surface area (Å²) in [5.41, 5.74) is -0.761. The molecule has 0 aromatic rings. The Balaban J connectivity index is 2.81. The number of allylic oxidation sites excluding steroid dienone is 2. The molecule has 0 aliphatic heterocycles. The summed E-state index contributed by atoms with van der Waals surface area (Å²) in [6.45, 7) is 1.97. The van der Waals surface area contributed by atoms with Crippen molar-refractivity contribution in [3.05, 3.63) is 22.8 Å². The number of aliphatic hydroxyl groups is 1. The summed E-state index contributed by atoms with van der Waals surface area (Å²) in [6.07, 6.45) is 8.89. The van der Waals surface area contributed by atoms with E-state index in [4.69, 9.17) is 14.6 Å². The fourth-order valence-corrected chi connectivity index (χ4v) is 3.95. The van der Waals surface area contributed by atoms with E-state index >= 15 is 0 Å². The largest absolute Gasteiger partial charge is 0.479 e. The number of hydrogen-bond donors (Lipinski definition) is 3. The van der Waals surface area contributed by atoms with E-state index in [0.29, 0.717) is 17.6 Å². The minimum atomic E-state index is -1.83. The number of unbranched alkanes of at least 4 members (excludes halogenated alkanes) is 7. The fraction of sp³-hybridized carbons (Fsp3) is 0.714. The fourth-order valence-electron chi connectivity index (χ4n) is 3.95. The van der Waals surface area contributed by atoms with Gasteiger partial charge in [-0.1, -0.05) is 38.5 Å². The van der Waals surface area contributed by atoms with E-state index in [1.165, 1.54) is 20.3 Å². The maximum absolute atomic E-state index is 12.2. The lowest BCUT2D eigenvalue weighted by Crippen LogP contribution is -2.57. The van der Waals surface area contributed by atoms with E-state index in [0.717, 1.165) is 51.4 Å². The van der Waals surface area contributed by atoms with Crippen LogP contribution in [-0.2, 0) is 19.1 Å². The van der Waals surface area contributed by atoms with Gasteiger partial charge in [0.1, 0.15) is 6.10 Å². The molecule has 2 unspecified atom stereocenters. The number of rotatable bonds is 14. The predicted molar refractivity (Wildman–Crippen MR) is 105 cm³/mol. The third-order valence-electron chi connectivity index (χ3n) is 5.41. The Morgan fingerprint density at radius 1 is 1.00 bits per heavy atom. The molecule has 0 saturated heterocycles. The first kappa shape index (κ1) is 24.3. The van der Waals surface area contributed by atoms with Crippen molar-refractivity contribution >= 4 is 11.9 Å². The van der Waals surface area contributed by atoms with Gasteiger partial charge < -0.3 is 24.8 Å². The van der Waals surface area contributed by atoms with Crippen LogP contribution in [0.25, 0.3) is 0 Å². The van der Waals surface area contributed by atoms with Gasteiger partial charge in [-0.05, 0) is 43.4 Å². The highest BCUT2D eigenvalue weighted by atomic mass is 16.6. The van der Waals surface area contributed by atoms with Gasteiger partial charge in [0, 0.05) is 20.8 Å². The molecule has 3 N–H and O–H groups in total. The zero-order chi connectivity index (χ0) is 21.2. The molecular weight excluding hydrogens is 364 g/mol. The van der Waals surface area contributed by atoms with Gasteiger partial charge >= 0.3 is 11.9 Å². The van der Waals surface area contributed by atoms with E-state index in [2.05, 4.69) is 0 Å². The highest BCUT2D eigenvalue weighted by Gasteiger charge is 2.55. The molecule has 1 aliphatic rings. The quantitative estimate of drug-likeness (QED) is 0.385. The van der Waals surface area contributed by atoms with E-state index in [1.807, 2.05) is 0 Å². The zero-order valence-electron chi connectivity index (χ0n) is 17.2. The van der Waals surface area contributed by atoms with Crippen LogP contribution in [-0.4, -0.2) is 59.8 Å². The Hall–Kier alpha value is -1.70. The van der Waals surface area contributed by atoms with Crippen LogP contribution in [0.1, 0.15) is 64.7 Å². The molecule has 28 heavy (non-hydrogen) atoms. The topological polar surface area (TPSA) is 113 Å². The van der Waals surface area contributed by atoms with Crippen molar-refractivity contribution in [2.45, 2.75) is 76.4 Å². The molecule has 0 fully saturated rings. The summed E-state index contributed by atoms with van der Waals surface area (Å²) in [5.74, 6) is -2.46. The Bertz CT molecular complexity index is 594. The van der Waals surface area contributed by atoms with Crippen molar-refractivity contribution in [1.82, 2.24) is 0 Å². The molecule has 0 bridgehead atoms. The third kappa shape index (κ3) is 5.65. The van der Waals surface area contributed by atoms with Gasteiger partial charge in [-0.2, -0.15) is 0 Å². The van der Waals surface area contributed by atoms with Crippen molar-refractivity contribution in [2.24, 2.45) is 0 Å². The Morgan fingerprint density at radius 3 is 1.96 bits per heavy atom. The summed E-state index contributed by atoms with van der Waals surface area (Å²) < 4.78 is 10.7. The van der Waals surface area contributed by atoms with Crippen molar-refractivity contribution in [2.75, 3.05) is 20.8 Å². The lowest BCUT2D eigenvalue weighted by atomic mass is 9.74. The van der Waals surface area contributed by atoms with Gasteiger partial charge in [0.25, 0.3) is 0 Å². The number of hydrogen-bond acceptors (Lipinski definition) is 5. The number of aliphatic carboxylic acids is 2. The molecule has 0 aromatic carbocycles. The van der Waals surface area contributed by atoms with E-state index in [1.54, 1.807) is 6.92 Å². The summed E-state index contributed by atoms with van der Waals surface area (Å²) in [6, 6.07) is 0. The van der Waals surface area contributed by atoms with Gasteiger partial charge in [-0.25, -0.2) is 9.59 Å². The summed E-state index contributed by atoms with van der Waals surface area (Å²) in [7, 11) is 2.58. The number of aliphatic hydroxyl groups excluding tert-OH is 1. The highest BCUT2D eigenvalue weighted by molar-refractivity contribution is 5.94. The Morgan fingerprint density at radius 2 is 1.54 bits per heavy atom. The number of carboxylic acids is 2. The molecule has 2 atom stereocenters. The standard InChI is InChI=1S/C21H34O7/c1-15-14-16(19(23)24)18(27-2)21(28-3,20(25)26)17(15)12-10-8-6-4-5-7-9-11-13-22/h14,18,22H,4-13H2,1-3H3,(H,23,24)(H,25,26). The smallest absolute Gasteiger partial charge is 0.343 e. The maximum atomic E-state index is 12.2. The minimum absolute atomic E-state index is 0.115. The Labute approximate surface area is 167 Å². The average molecular weight is 398 g/mol. The van der Waals surface area contributed by atoms with Crippen molar-refractivity contribution < 1.29 is 34.4 Å². The lowest BCUT2D eigenvalue weighted by Gasteiger charge is -2.40. The van der Waals surface area contributed by atoms with Crippen LogP contribution < -0.4 is 0 Å². The second kappa shape index (κ2) is 12.0. The van der Waals surface area contributed by atoms with Crippen LogP contribution in [0.3, 0.4) is 0 Å². The third-order valence-corrected chi connectivity index (χ3v) is 5.41. The molecular formula is C21H34O7. The first-order chi connectivity index (χ1) is 13.4. The molecule has 0 amide bonds. The van der Waals surface area contributed by atoms with Crippen LogP contribution in [0.2, 0.25) is 0 Å². The van der Waals surface area contributed by atoms with Crippen LogP contribution in [0.5, 0.6) is 0 Å². The van der Waals surface area contributed by atoms with Crippen molar-refractivity contribution in [1.29, 1.82) is 0 Å². The monoisotopic (exact) mass is 398 g/mol. The van der Waals surface area contributed by atoms with Gasteiger partial charge in [-0.3, -0.25) is 0 Å². The molecule has 0 spiro atoms. The molecule has 0 radical (unpaired) electrons. The Kier molecular flexibility index (Phi) is 10.4. The first-order valence-electron chi connectivity index (χ1n) is 9.94. The van der Waals surface area contributed by atoms with Crippen LogP contribution in [0.4, 0.5) is 0 Å². The summed E-state index contributed by atoms with van der Waals surface area (Å²) in [5, 5.41) is 28.2. The van der Waals surface area contributed by atoms with Gasteiger partial charge in [-0.15, -0.1) is 0 Å². The minimum Gasteiger partial charge on any atom is -0.479 e. The normalized spacial score (nSPS) is 22.3. The van der Waals surface area contributed by atoms with Crippen LogP contribution >= 0.6 is 0 Å². The number of carboxylic acid groups (broad SMARTS) is 2. The van der Waals surface area contributed by atoms with E-state index < -0.39 is 23.6 Å². The average Bonchev–Trinajstić information content (AvgIpc) is 2.66. The molecule has 1 aliphatic carbocycles. The number of carbonyl (C=O) groups is 2. The van der Waals surface area contributed by atoms with E-state index in [-0.39, 0.29) is 12.2 Å². The maximum Gasteiger partial charge on any atom is 0.343 e. The van der Waals surface area contributed by atoms with Gasteiger partial charge in [0.15, 0.2) is 0 Å². The van der Waals surface area contributed by atoms with Crippen LogP contribution in [0, 0.1) is 0 Å². The molecule has 160 valence electrons. The second-order valence-corrected chi connectivity index (χ2v) is 7.23. The van der Waals surface area contributed by atoms with E-state index in [9.17, 15) is 19.8 Å². The predicted octanol–water partition coefficient (Wildman–Crippen LogP) is 3.32.